The lowest BCUT2D eigenvalue weighted by molar-refractivity contribution is 0.595. The van der Waals surface area contributed by atoms with E-state index < -0.39 is 15.8 Å². The topological polar surface area (TPSA) is 72.0 Å². The normalized spacial score (nSPS) is 11.3. The Morgan fingerprint density at radius 1 is 1.05 bits per heavy atom. The van der Waals surface area contributed by atoms with Gasteiger partial charge in [-0.1, -0.05) is 36.4 Å². The number of halogens is 1. The zero-order chi connectivity index (χ0) is 15.6. The van der Waals surface area contributed by atoms with Crippen molar-refractivity contribution < 1.29 is 12.8 Å². The molecule has 0 saturated carbocycles. The smallest absolute Gasteiger partial charge is 0.253 e. The molecule has 0 aliphatic carbocycles. The molecule has 1 aromatic heterocycles. The number of hydrogen-bond acceptors (Lipinski definition) is 5. The van der Waals surface area contributed by atoms with Crippen LogP contribution < -0.4 is 4.72 Å². The molecule has 0 atom stereocenters. The summed E-state index contributed by atoms with van der Waals surface area (Å²) in [6.45, 7) is 0. The molecule has 2 aromatic carbocycles. The fourth-order valence-corrected chi connectivity index (χ4v) is 3.62. The van der Waals surface area contributed by atoms with Gasteiger partial charge in [-0.05, 0) is 18.2 Å². The largest absolute Gasteiger partial charge is 0.263 e. The molecule has 8 heteroatoms. The molecule has 1 N–H and O–H groups in total. The van der Waals surface area contributed by atoms with Gasteiger partial charge in [0.05, 0.1) is 4.90 Å². The Balaban J connectivity index is 1.86. The number of rotatable bonds is 4. The van der Waals surface area contributed by atoms with Gasteiger partial charge in [0.1, 0.15) is 5.82 Å². The molecular formula is C14H10FN3O2S2. The molecule has 0 amide bonds. The number of nitrogens with one attached hydrogen (secondary N) is 1. The Morgan fingerprint density at radius 3 is 2.55 bits per heavy atom. The first-order valence-electron chi connectivity index (χ1n) is 6.22. The third-order valence-corrected chi connectivity index (χ3v) is 4.88. The zero-order valence-electron chi connectivity index (χ0n) is 11.1. The molecule has 3 aromatic rings. The van der Waals surface area contributed by atoms with Crippen LogP contribution in [0.2, 0.25) is 0 Å². The second kappa shape index (κ2) is 5.82. The van der Waals surface area contributed by atoms with Gasteiger partial charge in [-0.25, -0.2) is 12.8 Å². The van der Waals surface area contributed by atoms with Crippen LogP contribution in [-0.2, 0) is 10.0 Å². The van der Waals surface area contributed by atoms with Crippen LogP contribution in [0.15, 0.2) is 59.5 Å². The van der Waals surface area contributed by atoms with Crippen LogP contribution in [0.25, 0.3) is 11.4 Å². The minimum atomic E-state index is -3.89. The summed E-state index contributed by atoms with van der Waals surface area (Å²) >= 11 is 0.925. The summed E-state index contributed by atoms with van der Waals surface area (Å²) in [5.41, 5.74) is 0.787. The minimum Gasteiger partial charge on any atom is -0.253 e. The van der Waals surface area contributed by atoms with Crippen molar-refractivity contribution in [1.82, 2.24) is 9.36 Å². The van der Waals surface area contributed by atoms with E-state index in [4.69, 9.17) is 0 Å². The van der Waals surface area contributed by atoms with E-state index in [1.54, 1.807) is 0 Å². The average molecular weight is 335 g/mol. The zero-order valence-corrected chi connectivity index (χ0v) is 12.7. The van der Waals surface area contributed by atoms with Crippen molar-refractivity contribution in [1.29, 1.82) is 0 Å². The summed E-state index contributed by atoms with van der Waals surface area (Å²) in [4.78, 5) is 3.97. The highest BCUT2D eigenvalue weighted by Gasteiger charge is 2.17. The summed E-state index contributed by atoms with van der Waals surface area (Å²) in [7, 11) is -3.89. The minimum absolute atomic E-state index is 0.128. The van der Waals surface area contributed by atoms with Gasteiger partial charge in [-0.15, -0.1) is 0 Å². The van der Waals surface area contributed by atoms with Gasteiger partial charge >= 0.3 is 0 Å². The molecule has 0 saturated heterocycles. The Bertz CT molecular complexity index is 895. The van der Waals surface area contributed by atoms with E-state index in [0.717, 1.165) is 23.2 Å². The van der Waals surface area contributed by atoms with Crippen molar-refractivity contribution in [3.63, 3.8) is 0 Å². The fourth-order valence-electron chi connectivity index (χ4n) is 1.78. The van der Waals surface area contributed by atoms with Gasteiger partial charge in [-0.3, -0.25) is 4.72 Å². The van der Waals surface area contributed by atoms with E-state index in [2.05, 4.69) is 14.1 Å². The highest BCUT2D eigenvalue weighted by molar-refractivity contribution is 7.93. The highest BCUT2D eigenvalue weighted by Crippen LogP contribution is 2.23. The Kier molecular flexibility index (Phi) is 3.86. The standard InChI is InChI=1S/C14H10FN3O2S2/c15-11-7-4-8-12(9-11)22(19,20)18-14-16-13(17-21-14)10-5-2-1-3-6-10/h1-9H,(H,16,17,18). The van der Waals surface area contributed by atoms with Crippen LogP contribution in [0.3, 0.4) is 0 Å². The lowest BCUT2D eigenvalue weighted by atomic mass is 10.2. The second-order valence-corrected chi connectivity index (χ2v) is 6.79. The van der Waals surface area contributed by atoms with Gasteiger partial charge in [0.25, 0.3) is 10.0 Å². The van der Waals surface area contributed by atoms with E-state index >= 15 is 0 Å². The van der Waals surface area contributed by atoms with Crippen LogP contribution in [-0.4, -0.2) is 17.8 Å². The Labute approximate surface area is 130 Å². The average Bonchev–Trinajstić information content (AvgIpc) is 2.96. The highest BCUT2D eigenvalue weighted by atomic mass is 32.2. The van der Waals surface area contributed by atoms with Crippen molar-refractivity contribution in [2.45, 2.75) is 4.90 Å². The van der Waals surface area contributed by atoms with Crippen LogP contribution in [0.4, 0.5) is 9.52 Å². The number of sulfonamides is 1. The predicted octanol–water partition coefficient (Wildman–Crippen LogP) is 3.15. The summed E-state index contributed by atoms with van der Waals surface area (Å²) < 4.78 is 43.9. The molecule has 0 fully saturated rings. The number of nitrogens with zero attached hydrogens (tertiary/aromatic N) is 2. The molecule has 0 bridgehead atoms. The second-order valence-electron chi connectivity index (χ2n) is 4.35. The third-order valence-electron chi connectivity index (χ3n) is 2.79. The quantitative estimate of drug-likeness (QED) is 0.795. The van der Waals surface area contributed by atoms with Crippen molar-refractivity contribution in [2.24, 2.45) is 0 Å². The van der Waals surface area contributed by atoms with Gasteiger partial charge < -0.3 is 0 Å². The maximum absolute atomic E-state index is 13.1. The SMILES string of the molecule is O=S(=O)(Nc1nc(-c2ccccc2)ns1)c1cccc(F)c1. The van der Waals surface area contributed by atoms with E-state index in [9.17, 15) is 12.8 Å². The van der Waals surface area contributed by atoms with Gasteiger partial charge in [-0.2, -0.15) is 9.36 Å². The predicted molar refractivity (Wildman–Crippen MR) is 82.6 cm³/mol. The number of benzene rings is 2. The van der Waals surface area contributed by atoms with Crippen molar-refractivity contribution in [3.05, 3.63) is 60.4 Å². The molecule has 0 unspecified atom stereocenters. The fraction of sp³-hybridized carbons (Fsp3) is 0. The molecule has 1 heterocycles. The lowest BCUT2D eigenvalue weighted by Crippen LogP contribution is -2.12. The van der Waals surface area contributed by atoms with Crippen LogP contribution in [0.1, 0.15) is 0 Å². The summed E-state index contributed by atoms with van der Waals surface area (Å²) in [5.74, 6) is -0.187. The molecule has 0 aliphatic rings. The third kappa shape index (κ3) is 3.12. The molecule has 0 radical (unpaired) electrons. The van der Waals surface area contributed by atoms with E-state index in [-0.39, 0.29) is 10.0 Å². The summed E-state index contributed by atoms with van der Waals surface area (Å²) in [5, 5.41) is 0.128. The molecular weight excluding hydrogens is 325 g/mol. The molecule has 5 nitrogen and oxygen atoms in total. The van der Waals surface area contributed by atoms with Crippen LogP contribution in [0, 0.1) is 5.82 Å². The number of aromatic nitrogens is 2. The van der Waals surface area contributed by atoms with Crippen molar-refractivity contribution >= 4 is 26.7 Å². The van der Waals surface area contributed by atoms with Crippen LogP contribution in [0.5, 0.6) is 0 Å². The summed E-state index contributed by atoms with van der Waals surface area (Å²) in [6, 6.07) is 14.0. The first-order chi connectivity index (χ1) is 10.5. The maximum Gasteiger partial charge on any atom is 0.263 e. The van der Waals surface area contributed by atoms with E-state index in [1.807, 2.05) is 30.3 Å². The van der Waals surface area contributed by atoms with Crippen LogP contribution >= 0.6 is 11.5 Å². The van der Waals surface area contributed by atoms with Crippen molar-refractivity contribution in [3.8, 4) is 11.4 Å². The van der Waals surface area contributed by atoms with Crippen molar-refractivity contribution in [2.75, 3.05) is 4.72 Å². The summed E-state index contributed by atoms with van der Waals surface area (Å²) in [6.07, 6.45) is 0. The molecule has 22 heavy (non-hydrogen) atoms. The van der Waals surface area contributed by atoms with E-state index in [1.165, 1.54) is 18.2 Å². The lowest BCUT2D eigenvalue weighted by Gasteiger charge is -2.04. The van der Waals surface area contributed by atoms with Gasteiger partial charge in [0.2, 0.25) is 5.13 Å². The van der Waals surface area contributed by atoms with Gasteiger partial charge in [0, 0.05) is 17.1 Å². The first-order valence-corrected chi connectivity index (χ1v) is 8.48. The van der Waals surface area contributed by atoms with Gasteiger partial charge in [0.15, 0.2) is 5.82 Å². The number of hydrogen-bond donors (Lipinski definition) is 1. The first kappa shape index (κ1) is 14.6. The Hall–Kier alpha value is -2.32. The molecule has 0 spiro atoms. The maximum atomic E-state index is 13.1. The molecule has 3 rings (SSSR count). The van der Waals surface area contributed by atoms with E-state index in [0.29, 0.717) is 5.82 Å². The molecule has 112 valence electrons. The molecule has 0 aliphatic heterocycles. The number of anilines is 1. The Morgan fingerprint density at radius 2 is 1.82 bits per heavy atom. The monoisotopic (exact) mass is 335 g/mol.